The summed E-state index contributed by atoms with van der Waals surface area (Å²) in [6, 6.07) is 0. The van der Waals surface area contributed by atoms with Crippen LogP contribution in [0.1, 0.15) is 20.8 Å². The Morgan fingerprint density at radius 1 is 1.60 bits per heavy atom. The minimum atomic E-state index is -0.121. The number of nitrogens with zero attached hydrogens (tertiary/aromatic N) is 1. The predicted molar refractivity (Wildman–Crippen MR) is 65.7 cm³/mol. The highest BCUT2D eigenvalue weighted by atomic mass is 35.5. The average Bonchev–Trinajstić information content (AvgIpc) is 2.15. The third kappa shape index (κ3) is 4.31. The Balaban J connectivity index is 2.58. The summed E-state index contributed by atoms with van der Waals surface area (Å²) in [4.78, 5) is 2.34. The third-order valence-electron chi connectivity index (χ3n) is 2.38. The molecule has 0 aromatic heterocycles. The van der Waals surface area contributed by atoms with Gasteiger partial charge in [-0.1, -0.05) is 11.6 Å². The van der Waals surface area contributed by atoms with Crippen LogP contribution in [-0.4, -0.2) is 42.1 Å². The van der Waals surface area contributed by atoms with Crippen molar-refractivity contribution >= 4 is 23.2 Å². The second-order valence-corrected chi connectivity index (χ2v) is 5.31. The Labute approximate surface area is 102 Å². The third-order valence-corrected chi connectivity index (χ3v) is 3.10. The van der Waals surface area contributed by atoms with Crippen molar-refractivity contribution < 1.29 is 4.74 Å². The number of hydrogen-bond acceptors (Lipinski definition) is 2. The van der Waals surface area contributed by atoms with Gasteiger partial charge < -0.3 is 4.74 Å². The molecule has 1 saturated heterocycles. The zero-order valence-corrected chi connectivity index (χ0v) is 11.1. The van der Waals surface area contributed by atoms with Crippen molar-refractivity contribution in [3.8, 4) is 0 Å². The largest absolute Gasteiger partial charge is 0.368 e. The lowest BCUT2D eigenvalue weighted by Crippen LogP contribution is -2.53. The first kappa shape index (κ1) is 13.3. The summed E-state index contributed by atoms with van der Waals surface area (Å²) in [5.74, 6) is 0.545. The molecule has 15 heavy (non-hydrogen) atoms. The molecule has 0 N–H and O–H groups in total. The van der Waals surface area contributed by atoms with Crippen molar-refractivity contribution in [1.29, 1.82) is 0 Å². The summed E-state index contributed by atoms with van der Waals surface area (Å²) in [6.07, 6.45) is 0.124. The van der Waals surface area contributed by atoms with Gasteiger partial charge in [-0.15, -0.1) is 11.6 Å². The summed E-state index contributed by atoms with van der Waals surface area (Å²) in [6.45, 7) is 8.92. The maximum atomic E-state index is 5.85. The van der Waals surface area contributed by atoms with Crippen LogP contribution in [0.4, 0.5) is 0 Å². The molecule has 0 aromatic carbocycles. The van der Waals surface area contributed by atoms with Gasteiger partial charge in [-0.2, -0.15) is 0 Å². The van der Waals surface area contributed by atoms with E-state index in [1.54, 1.807) is 5.54 Å². The van der Waals surface area contributed by atoms with Crippen molar-refractivity contribution in [3.05, 3.63) is 11.1 Å². The van der Waals surface area contributed by atoms with Gasteiger partial charge in [0.25, 0.3) is 0 Å². The summed E-state index contributed by atoms with van der Waals surface area (Å²) in [5, 5.41) is 0. The molecule has 0 radical (unpaired) electrons. The second kappa shape index (κ2) is 5.53. The lowest BCUT2D eigenvalue weighted by molar-refractivity contribution is -0.125. The van der Waals surface area contributed by atoms with Gasteiger partial charge in [0.1, 0.15) is 0 Å². The van der Waals surface area contributed by atoms with Crippen LogP contribution < -0.4 is 0 Å². The highest BCUT2D eigenvalue weighted by molar-refractivity contribution is 6.25. The van der Waals surface area contributed by atoms with Crippen LogP contribution in [0.3, 0.4) is 0 Å². The molecule has 88 valence electrons. The number of rotatable bonds is 3. The molecule has 0 saturated carbocycles. The van der Waals surface area contributed by atoms with E-state index < -0.39 is 0 Å². The van der Waals surface area contributed by atoms with E-state index in [2.05, 4.69) is 18.7 Å². The van der Waals surface area contributed by atoms with Crippen LogP contribution in [0.15, 0.2) is 11.1 Å². The molecule has 1 unspecified atom stereocenters. The van der Waals surface area contributed by atoms with Crippen molar-refractivity contribution in [3.63, 3.8) is 0 Å². The lowest BCUT2D eigenvalue weighted by atomic mass is 10.1. The van der Waals surface area contributed by atoms with Gasteiger partial charge in [-0.3, -0.25) is 4.90 Å². The number of halogens is 2. The fourth-order valence-corrected chi connectivity index (χ4v) is 2.23. The van der Waals surface area contributed by atoms with Crippen LogP contribution in [0, 0.1) is 0 Å². The molecule has 0 aliphatic carbocycles. The first-order valence-electron chi connectivity index (χ1n) is 5.19. The van der Waals surface area contributed by atoms with Crippen LogP contribution in [0.2, 0.25) is 0 Å². The maximum Gasteiger partial charge on any atom is 0.0845 e. The van der Waals surface area contributed by atoms with Crippen molar-refractivity contribution in [2.75, 3.05) is 25.5 Å². The quantitative estimate of drug-likeness (QED) is 0.716. The smallest absolute Gasteiger partial charge is 0.0845 e. The first-order chi connectivity index (χ1) is 6.96. The maximum absolute atomic E-state index is 5.85. The predicted octanol–water partition coefficient (Wildman–Crippen LogP) is 2.85. The Kier molecular flexibility index (Phi) is 4.91. The van der Waals surface area contributed by atoms with Gasteiger partial charge in [0.15, 0.2) is 0 Å². The van der Waals surface area contributed by atoms with E-state index in [0.29, 0.717) is 5.88 Å². The van der Waals surface area contributed by atoms with E-state index in [-0.39, 0.29) is 11.7 Å². The fraction of sp³-hybridized carbons (Fsp3) is 0.818. The Hall–Kier alpha value is 0.240. The van der Waals surface area contributed by atoms with Crippen LogP contribution in [0.5, 0.6) is 0 Å². The molecule has 0 bridgehead atoms. The number of ether oxygens (including phenoxy) is 1. The van der Waals surface area contributed by atoms with Crippen molar-refractivity contribution in [2.24, 2.45) is 0 Å². The van der Waals surface area contributed by atoms with Crippen molar-refractivity contribution in [1.82, 2.24) is 4.90 Å². The number of alkyl halides is 1. The first-order valence-corrected chi connectivity index (χ1v) is 6.16. The molecular weight excluding hydrogens is 233 g/mol. The minimum Gasteiger partial charge on any atom is -0.368 e. The topological polar surface area (TPSA) is 12.5 Å². The number of hydrogen-bond donors (Lipinski definition) is 0. The van der Waals surface area contributed by atoms with E-state index in [1.165, 1.54) is 5.57 Å². The average molecular weight is 252 g/mol. The van der Waals surface area contributed by atoms with E-state index >= 15 is 0 Å². The monoisotopic (exact) mass is 251 g/mol. The highest BCUT2D eigenvalue weighted by Gasteiger charge is 2.32. The van der Waals surface area contributed by atoms with Gasteiger partial charge in [0.05, 0.1) is 11.7 Å². The van der Waals surface area contributed by atoms with Gasteiger partial charge in [-0.25, -0.2) is 0 Å². The van der Waals surface area contributed by atoms with Crippen LogP contribution >= 0.6 is 23.2 Å². The molecule has 1 heterocycles. The molecule has 0 amide bonds. The molecule has 0 spiro atoms. The molecule has 1 fully saturated rings. The van der Waals surface area contributed by atoms with Gasteiger partial charge in [0.2, 0.25) is 0 Å². The number of morpholine rings is 1. The van der Waals surface area contributed by atoms with Crippen molar-refractivity contribution in [2.45, 2.75) is 32.5 Å². The van der Waals surface area contributed by atoms with Crippen LogP contribution in [0.25, 0.3) is 0 Å². The molecule has 1 atom stereocenters. The Bertz CT molecular complexity index is 241. The van der Waals surface area contributed by atoms with E-state index in [0.717, 1.165) is 19.6 Å². The summed E-state index contributed by atoms with van der Waals surface area (Å²) in [7, 11) is 0. The molecular formula is C11H19Cl2NO. The summed E-state index contributed by atoms with van der Waals surface area (Å²) in [5.41, 5.74) is 2.69. The minimum absolute atomic E-state index is 0.121. The van der Waals surface area contributed by atoms with Gasteiger partial charge in [0, 0.05) is 31.0 Å². The molecule has 1 aliphatic heterocycles. The van der Waals surface area contributed by atoms with Gasteiger partial charge in [-0.05, 0) is 26.3 Å². The lowest BCUT2D eigenvalue weighted by Gasteiger charge is -2.42. The molecule has 4 heteroatoms. The van der Waals surface area contributed by atoms with E-state index in [1.807, 2.05) is 6.92 Å². The SMILES string of the molecule is C/C(=C\Cl)CN1CC(CCl)OC(C)(C)C1. The van der Waals surface area contributed by atoms with E-state index in [9.17, 15) is 0 Å². The summed E-state index contributed by atoms with van der Waals surface area (Å²) < 4.78 is 5.84. The summed E-state index contributed by atoms with van der Waals surface area (Å²) >= 11 is 11.5. The molecule has 1 aliphatic rings. The zero-order chi connectivity index (χ0) is 11.5. The second-order valence-electron chi connectivity index (χ2n) is 4.78. The molecule has 1 rings (SSSR count). The molecule has 2 nitrogen and oxygen atoms in total. The standard InChI is InChI=1S/C11H19Cl2NO/c1-9(4-12)6-14-7-10(5-13)15-11(2,3)8-14/h4,10H,5-8H2,1-3H3/b9-4+. The normalized spacial score (nSPS) is 28.1. The fourth-order valence-electron chi connectivity index (χ4n) is 2.00. The van der Waals surface area contributed by atoms with Crippen LogP contribution in [-0.2, 0) is 4.74 Å². The Morgan fingerprint density at radius 3 is 2.80 bits per heavy atom. The zero-order valence-electron chi connectivity index (χ0n) is 9.59. The van der Waals surface area contributed by atoms with Gasteiger partial charge >= 0.3 is 0 Å². The Morgan fingerprint density at radius 2 is 2.27 bits per heavy atom. The molecule has 0 aromatic rings. The highest BCUT2D eigenvalue weighted by Crippen LogP contribution is 2.22. The van der Waals surface area contributed by atoms with E-state index in [4.69, 9.17) is 27.9 Å².